The molecular weight excluding hydrogens is 430 g/mol. The average molecular weight is 454 g/mol. The molecule has 1 saturated carbocycles. The van der Waals surface area contributed by atoms with E-state index in [1.54, 1.807) is 14.2 Å². The zero-order chi connectivity index (χ0) is 23.4. The number of hydrogen-bond acceptors (Lipinski definition) is 4. The molecule has 3 amide bonds. The average Bonchev–Trinajstić information content (AvgIpc) is 3.45. The summed E-state index contributed by atoms with van der Waals surface area (Å²) in [5, 5.41) is 5.49. The van der Waals surface area contributed by atoms with Crippen LogP contribution in [0.1, 0.15) is 40.6 Å². The number of imidazole rings is 1. The molecule has 2 aromatic carbocycles. The molecule has 6 rings (SSSR count). The summed E-state index contributed by atoms with van der Waals surface area (Å²) in [5.41, 5.74) is 4.57. The number of aliphatic imine (C=N–C) groups is 1. The van der Waals surface area contributed by atoms with E-state index in [-0.39, 0.29) is 23.4 Å². The normalized spacial score (nSPS) is 19.8. The van der Waals surface area contributed by atoms with Gasteiger partial charge in [-0.1, -0.05) is 18.2 Å². The van der Waals surface area contributed by atoms with Gasteiger partial charge >= 0.3 is 6.03 Å². The topological polar surface area (TPSA) is 97.6 Å². The molecule has 8 heteroatoms. The highest BCUT2D eigenvalue weighted by atomic mass is 16.5. The van der Waals surface area contributed by atoms with Gasteiger partial charge in [0.05, 0.1) is 41.0 Å². The van der Waals surface area contributed by atoms with Gasteiger partial charge in [0.2, 0.25) is 0 Å². The zero-order valence-electron chi connectivity index (χ0n) is 18.8. The highest BCUT2D eigenvalue weighted by Gasteiger charge is 2.50. The van der Waals surface area contributed by atoms with Gasteiger partial charge in [0, 0.05) is 12.6 Å². The van der Waals surface area contributed by atoms with Crippen LogP contribution in [0.2, 0.25) is 0 Å². The predicted molar refractivity (Wildman–Crippen MR) is 128 cm³/mol. The van der Waals surface area contributed by atoms with Gasteiger partial charge < -0.3 is 19.9 Å². The first-order valence-corrected chi connectivity index (χ1v) is 11.2. The molecule has 1 aromatic heterocycles. The van der Waals surface area contributed by atoms with Crippen LogP contribution in [-0.2, 0) is 5.41 Å². The molecule has 1 aliphatic heterocycles. The van der Waals surface area contributed by atoms with Gasteiger partial charge in [-0.2, -0.15) is 4.99 Å². The van der Waals surface area contributed by atoms with Crippen molar-refractivity contribution in [3.05, 3.63) is 83.3 Å². The minimum absolute atomic E-state index is 0.150. The van der Waals surface area contributed by atoms with Crippen LogP contribution in [-0.4, -0.2) is 41.4 Å². The highest BCUT2D eigenvalue weighted by Crippen LogP contribution is 2.54. The van der Waals surface area contributed by atoms with Crippen molar-refractivity contribution in [1.29, 1.82) is 0 Å². The van der Waals surface area contributed by atoms with E-state index in [2.05, 4.69) is 32.3 Å². The molecular formula is C26H23N5O3. The van der Waals surface area contributed by atoms with Crippen molar-refractivity contribution in [3.63, 3.8) is 0 Å². The van der Waals surface area contributed by atoms with E-state index >= 15 is 0 Å². The minimum atomic E-state index is -0.352. The number of methoxy groups -OCH3 is 1. The third-order valence-corrected chi connectivity index (χ3v) is 6.83. The van der Waals surface area contributed by atoms with E-state index in [0.717, 1.165) is 35.4 Å². The Morgan fingerprint density at radius 3 is 2.71 bits per heavy atom. The quantitative estimate of drug-likeness (QED) is 0.616. The standard InChI is InChI=1S/C26H23N5O3/c1-27-23(32)15-3-10-22-21(13-15)28-24(26(11-12-26)16-4-7-18(34-2)8-5-16)31(22)17-6-9-19-20(14-17)30-25(33)29-19/h3-10,13-14,17H,11-12H2,1-2H3,(H,27,32)(H,30,33). The molecule has 2 N–H and O–H groups in total. The Kier molecular flexibility index (Phi) is 4.45. The Hall–Kier alpha value is -4.20. The fourth-order valence-corrected chi connectivity index (χ4v) is 4.91. The summed E-state index contributed by atoms with van der Waals surface area (Å²) in [4.78, 5) is 33.1. The van der Waals surface area contributed by atoms with Crippen molar-refractivity contribution in [2.75, 3.05) is 14.2 Å². The lowest BCUT2D eigenvalue weighted by atomic mass is 9.94. The molecule has 170 valence electrons. The van der Waals surface area contributed by atoms with Crippen molar-refractivity contribution >= 4 is 28.7 Å². The molecule has 0 bridgehead atoms. The maximum atomic E-state index is 12.3. The number of ether oxygens (including phenoxy) is 1. The van der Waals surface area contributed by atoms with Gasteiger partial charge in [0.25, 0.3) is 5.91 Å². The smallest absolute Gasteiger partial charge is 0.346 e. The van der Waals surface area contributed by atoms with Crippen LogP contribution >= 0.6 is 0 Å². The molecule has 1 unspecified atom stereocenters. The number of carbonyl (C=O) groups is 2. The SMILES string of the molecule is CNC(=O)c1ccc2c(c1)nc(C1(c3ccc(OC)cc3)CC1)n2C1C=CC2=NC(=O)NC2=C1. The number of fused-ring (bicyclic) bond motifs is 2. The summed E-state index contributed by atoms with van der Waals surface area (Å²) in [5.74, 6) is 1.61. The zero-order valence-corrected chi connectivity index (χ0v) is 18.8. The summed E-state index contributed by atoms with van der Waals surface area (Å²) in [6.45, 7) is 0. The molecule has 0 radical (unpaired) electrons. The number of urea groups is 1. The van der Waals surface area contributed by atoms with Crippen LogP contribution in [0.25, 0.3) is 11.0 Å². The number of hydrogen-bond donors (Lipinski definition) is 2. The van der Waals surface area contributed by atoms with Gasteiger partial charge in [-0.15, -0.1) is 0 Å². The molecule has 1 atom stereocenters. The van der Waals surface area contributed by atoms with Crippen molar-refractivity contribution in [3.8, 4) is 5.75 Å². The Balaban J connectivity index is 1.53. The van der Waals surface area contributed by atoms with Crippen LogP contribution in [0.4, 0.5) is 4.79 Å². The van der Waals surface area contributed by atoms with Crippen molar-refractivity contribution in [1.82, 2.24) is 20.2 Å². The number of benzene rings is 2. The van der Waals surface area contributed by atoms with Gasteiger partial charge in [0.1, 0.15) is 11.6 Å². The number of allylic oxidation sites excluding steroid dienone is 3. The number of rotatable bonds is 5. The van der Waals surface area contributed by atoms with Crippen LogP contribution in [0.15, 0.2) is 71.4 Å². The second-order valence-corrected chi connectivity index (χ2v) is 8.76. The van der Waals surface area contributed by atoms with Gasteiger partial charge in [-0.3, -0.25) is 4.79 Å². The lowest BCUT2D eigenvalue weighted by molar-refractivity contribution is 0.0963. The first-order valence-electron chi connectivity index (χ1n) is 11.2. The summed E-state index contributed by atoms with van der Waals surface area (Å²) >= 11 is 0. The number of aromatic nitrogens is 2. The predicted octanol–water partition coefficient (Wildman–Crippen LogP) is 3.64. The fraction of sp³-hybridized carbons (Fsp3) is 0.231. The van der Waals surface area contributed by atoms with E-state index in [4.69, 9.17) is 9.72 Å². The van der Waals surface area contributed by atoms with Crippen molar-refractivity contribution in [2.24, 2.45) is 4.99 Å². The summed E-state index contributed by atoms with van der Waals surface area (Å²) in [6, 6.07) is 13.2. The van der Waals surface area contributed by atoms with Crippen LogP contribution in [0.5, 0.6) is 5.75 Å². The second-order valence-electron chi connectivity index (χ2n) is 8.76. The van der Waals surface area contributed by atoms with Crippen LogP contribution in [0, 0.1) is 0 Å². The molecule has 2 aliphatic carbocycles. The Morgan fingerprint density at radius 2 is 2.00 bits per heavy atom. The first kappa shape index (κ1) is 20.4. The summed E-state index contributed by atoms with van der Waals surface area (Å²) < 4.78 is 7.56. The molecule has 34 heavy (non-hydrogen) atoms. The number of amides is 3. The van der Waals surface area contributed by atoms with Gasteiger partial charge in [-0.05, 0) is 60.9 Å². The van der Waals surface area contributed by atoms with E-state index in [9.17, 15) is 9.59 Å². The largest absolute Gasteiger partial charge is 0.497 e. The molecule has 1 fully saturated rings. The third-order valence-electron chi connectivity index (χ3n) is 6.83. The first-order chi connectivity index (χ1) is 16.5. The van der Waals surface area contributed by atoms with Crippen LogP contribution in [0.3, 0.4) is 0 Å². The van der Waals surface area contributed by atoms with Gasteiger partial charge in [-0.25, -0.2) is 9.78 Å². The summed E-state index contributed by atoms with van der Waals surface area (Å²) in [6.07, 6.45) is 7.86. The van der Waals surface area contributed by atoms with Crippen LogP contribution < -0.4 is 15.4 Å². The number of nitrogens with zero attached hydrogens (tertiary/aromatic N) is 3. The lowest BCUT2D eigenvalue weighted by Crippen LogP contribution is -2.23. The third kappa shape index (κ3) is 3.06. The minimum Gasteiger partial charge on any atom is -0.497 e. The number of carbonyl (C=O) groups excluding carboxylic acids is 2. The number of nitrogens with one attached hydrogen (secondary N) is 2. The molecule has 2 heterocycles. The van der Waals surface area contributed by atoms with E-state index < -0.39 is 0 Å². The molecule has 3 aliphatic rings. The molecule has 0 spiro atoms. The van der Waals surface area contributed by atoms with E-state index in [1.165, 1.54) is 5.56 Å². The summed E-state index contributed by atoms with van der Waals surface area (Å²) in [7, 11) is 3.28. The second kappa shape index (κ2) is 7.41. The maximum Gasteiger partial charge on any atom is 0.346 e. The Morgan fingerprint density at radius 1 is 1.21 bits per heavy atom. The van der Waals surface area contributed by atoms with E-state index in [1.807, 2.05) is 48.6 Å². The van der Waals surface area contributed by atoms with Crippen molar-refractivity contribution in [2.45, 2.75) is 24.3 Å². The highest BCUT2D eigenvalue weighted by molar-refractivity contribution is 6.19. The molecule has 0 saturated heterocycles. The molecule has 3 aromatic rings. The lowest BCUT2D eigenvalue weighted by Gasteiger charge is -2.23. The fourth-order valence-electron chi connectivity index (χ4n) is 4.91. The van der Waals surface area contributed by atoms with E-state index in [0.29, 0.717) is 17.0 Å². The van der Waals surface area contributed by atoms with Gasteiger partial charge in [0.15, 0.2) is 0 Å². The van der Waals surface area contributed by atoms with Crippen molar-refractivity contribution < 1.29 is 14.3 Å². The molecule has 8 nitrogen and oxygen atoms in total. The Bertz CT molecular complexity index is 1440. The monoisotopic (exact) mass is 453 g/mol. The Labute approximate surface area is 196 Å². The maximum absolute atomic E-state index is 12.3.